The fourth-order valence-electron chi connectivity index (χ4n) is 3.96. The molecule has 0 radical (unpaired) electrons. The summed E-state index contributed by atoms with van der Waals surface area (Å²) in [7, 11) is -4.05. The Kier molecular flexibility index (Phi) is 9.17. The van der Waals surface area contributed by atoms with Gasteiger partial charge in [-0.25, -0.2) is 24.0 Å². The van der Waals surface area contributed by atoms with Crippen molar-refractivity contribution in [2.75, 3.05) is 25.7 Å². The van der Waals surface area contributed by atoms with E-state index < -0.39 is 44.5 Å². The summed E-state index contributed by atoms with van der Waals surface area (Å²) >= 11 is 0. The number of benzene rings is 1. The Hall–Kier alpha value is -2.71. The average Bonchev–Trinajstić information content (AvgIpc) is 3.38. The minimum atomic E-state index is -4.05. The number of nitrogens with zero attached hydrogens (tertiary/aromatic N) is 4. The van der Waals surface area contributed by atoms with Crippen molar-refractivity contribution in [3.63, 3.8) is 0 Å². The van der Waals surface area contributed by atoms with Gasteiger partial charge in [-0.15, -0.1) is 0 Å². The molecule has 3 unspecified atom stereocenters. The molecule has 0 spiro atoms. The summed E-state index contributed by atoms with van der Waals surface area (Å²) < 4.78 is 59.0. The number of hydrogen-bond acceptors (Lipinski definition) is 11. The van der Waals surface area contributed by atoms with Crippen LogP contribution < -0.4 is 15.3 Å². The third kappa shape index (κ3) is 7.09. The highest BCUT2D eigenvalue weighted by atomic mass is 31.2. The Labute approximate surface area is 225 Å². The molecule has 4 rings (SSSR count). The number of ether oxygens (including phenoxy) is 3. The van der Waals surface area contributed by atoms with Gasteiger partial charge in [-0.05, 0) is 39.8 Å². The molecular formula is C24H34FN6O7P. The molecule has 1 aromatic carbocycles. The normalized spacial score (nSPS) is 25.7. The number of alkyl halides is 1. The molecule has 2 aromatic heterocycles. The molecule has 15 heteroatoms. The van der Waals surface area contributed by atoms with Crippen molar-refractivity contribution in [2.45, 2.75) is 63.9 Å². The first-order chi connectivity index (χ1) is 18.5. The Balaban J connectivity index is 1.47. The smallest absolute Gasteiger partial charge is 0.413 e. The lowest BCUT2D eigenvalue weighted by molar-refractivity contribution is -0.0817. The van der Waals surface area contributed by atoms with E-state index in [0.717, 1.165) is 0 Å². The van der Waals surface area contributed by atoms with Crippen LogP contribution in [0.15, 0.2) is 42.9 Å². The molecule has 6 atom stereocenters. The van der Waals surface area contributed by atoms with E-state index in [1.54, 1.807) is 37.3 Å². The summed E-state index contributed by atoms with van der Waals surface area (Å²) in [4.78, 5) is 12.1. The number of anilines is 1. The number of imidazole rings is 1. The molecule has 13 nitrogen and oxygen atoms in total. The molecule has 0 saturated carbocycles. The third-order valence-electron chi connectivity index (χ3n) is 5.91. The Morgan fingerprint density at radius 2 is 2.03 bits per heavy atom. The summed E-state index contributed by atoms with van der Waals surface area (Å²) in [5.74, 6) is 0.259. The van der Waals surface area contributed by atoms with E-state index in [2.05, 4.69) is 20.0 Å². The lowest BCUT2D eigenvalue weighted by Crippen LogP contribution is -2.41. The lowest BCUT2D eigenvalue weighted by Gasteiger charge is -2.25. The van der Waals surface area contributed by atoms with E-state index in [9.17, 15) is 9.67 Å². The lowest BCUT2D eigenvalue weighted by atomic mass is 9.98. The van der Waals surface area contributed by atoms with E-state index in [0.29, 0.717) is 5.52 Å². The minimum absolute atomic E-state index is 0.00270. The van der Waals surface area contributed by atoms with Crippen LogP contribution in [0.25, 0.3) is 11.2 Å². The van der Waals surface area contributed by atoms with Crippen molar-refractivity contribution in [1.82, 2.24) is 24.6 Å². The van der Waals surface area contributed by atoms with Gasteiger partial charge in [-0.2, -0.15) is 4.98 Å². The van der Waals surface area contributed by atoms with Gasteiger partial charge in [0.05, 0.1) is 31.8 Å². The van der Waals surface area contributed by atoms with Crippen LogP contribution in [-0.2, 0) is 23.3 Å². The first-order valence-corrected chi connectivity index (χ1v) is 14.0. The molecule has 1 fully saturated rings. The van der Waals surface area contributed by atoms with Crippen LogP contribution in [0, 0.1) is 0 Å². The van der Waals surface area contributed by atoms with E-state index in [-0.39, 0.29) is 36.8 Å². The van der Waals surface area contributed by atoms with E-state index in [4.69, 9.17) is 29.0 Å². The van der Waals surface area contributed by atoms with Crippen molar-refractivity contribution < 1.29 is 37.3 Å². The molecule has 4 N–H and O–H groups in total. The second-order valence-electron chi connectivity index (χ2n) is 9.64. The Morgan fingerprint density at radius 1 is 1.28 bits per heavy atom. The molecule has 0 amide bonds. The van der Waals surface area contributed by atoms with Gasteiger partial charge >= 0.3 is 7.75 Å². The first-order valence-electron chi connectivity index (χ1n) is 12.4. The maximum atomic E-state index is 15.8. The van der Waals surface area contributed by atoms with Crippen molar-refractivity contribution >= 4 is 24.9 Å². The maximum absolute atomic E-state index is 15.8. The largest absolute Gasteiger partial charge is 0.459 e. The molecule has 1 aliphatic heterocycles. The van der Waals surface area contributed by atoms with Gasteiger partial charge in [0, 0.05) is 6.04 Å². The SMILES string of the molecule is CC(COCOC(C)C)NP(=O)(OC[C@H]1OC(n2cnc3cnc(N)nc32)[C@](C)(F)[C@@H]1O)Oc1ccccc1. The summed E-state index contributed by atoms with van der Waals surface area (Å²) in [6.07, 6.45) is -1.45. The zero-order chi connectivity index (χ0) is 28.2. The molecule has 1 saturated heterocycles. The standard InChI is InChI=1S/C24H34FN6O7P/c1-15(2)35-14-34-11-16(3)30-39(33,38-17-8-6-5-7-9-17)36-12-19-20(32)24(4,25)22(37-19)31-13-28-18-10-27-23(26)29-21(18)31/h5-10,13,15-16,19-20,22,32H,11-12,14H2,1-4H3,(H,30,33)(H2,26,27,29)/t16?,19-,20-,22?,24-,39?/m1/s1. The predicted octanol–water partition coefficient (Wildman–Crippen LogP) is 2.98. The van der Waals surface area contributed by atoms with Gasteiger partial charge in [0.2, 0.25) is 5.95 Å². The Morgan fingerprint density at radius 3 is 2.74 bits per heavy atom. The van der Waals surface area contributed by atoms with Crippen LogP contribution in [0.2, 0.25) is 0 Å². The Bertz CT molecular complexity index is 1280. The zero-order valence-electron chi connectivity index (χ0n) is 22.1. The summed E-state index contributed by atoms with van der Waals surface area (Å²) in [6, 6.07) is 7.95. The molecule has 0 aliphatic carbocycles. The quantitative estimate of drug-likeness (QED) is 0.157. The number of fused-ring (bicyclic) bond motifs is 1. The van der Waals surface area contributed by atoms with Crippen LogP contribution in [0.1, 0.15) is 33.9 Å². The van der Waals surface area contributed by atoms with Crippen molar-refractivity contribution in [1.29, 1.82) is 0 Å². The number of nitrogen functional groups attached to an aromatic ring is 1. The summed E-state index contributed by atoms with van der Waals surface area (Å²) in [6.45, 7) is 6.43. The highest BCUT2D eigenvalue weighted by Gasteiger charge is 2.56. The fourth-order valence-corrected chi connectivity index (χ4v) is 5.50. The molecule has 1 aliphatic rings. The average molecular weight is 569 g/mol. The molecule has 214 valence electrons. The number of rotatable bonds is 13. The van der Waals surface area contributed by atoms with Crippen LogP contribution >= 0.6 is 7.75 Å². The number of aromatic nitrogens is 4. The number of halogens is 1. The van der Waals surface area contributed by atoms with Gasteiger partial charge in [-0.1, -0.05) is 18.2 Å². The number of nitrogens with one attached hydrogen (secondary N) is 1. The van der Waals surface area contributed by atoms with Gasteiger partial charge in [0.15, 0.2) is 17.5 Å². The van der Waals surface area contributed by atoms with E-state index in [1.807, 2.05) is 13.8 Å². The van der Waals surface area contributed by atoms with E-state index >= 15 is 4.39 Å². The predicted molar refractivity (Wildman–Crippen MR) is 139 cm³/mol. The van der Waals surface area contributed by atoms with Crippen molar-refractivity contribution in [3.05, 3.63) is 42.9 Å². The van der Waals surface area contributed by atoms with Crippen LogP contribution in [-0.4, -0.2) is 74.7 Å². The molecule has 39 heavy (non-hydrogen) atoms. The monoisotopic (exact) mass is 568 g/mol. The maximum Gasteiger partial charge on any atom is 0.459 e. The summed E-state index contributed by atoms with van der Waals surface area (Å²) in [5.41, 5.74) is 4.02. The van der Waals surface area contributed by atoms with Gasteiger partial charge in [0.1, 0.15) is 30.3 Å². The zero-order valence-corrected chi connectivity index (χ0v) is 23.0. The second kappa shape index (κ2) is 12.2. The van der Waals surface area contributed by atoms with Gasteiger partial charge in [0.25, 0.3) is 0 Å². The molecular weight excluding hydrogens is 534 g/mol. The first kappa shape index (κ1) is 29.3. The van der Waals surface area contributed by atoms with E-state index in [1.165, 1.54) is 24.0 Å². The second-order valence-corrected chi connectivity index (χ2v) is 11.3. The van der Waals surface area contributed by atoms with Crippen LogP contribution in [0.3, 0.4) is 0 Å². The van der Waals surface area contributed by atoms with Crippen LogP contribution in [0.5, 0.6) is 5.75 Å². The number of aliphatic hydroxyl groups excluding tert-OH is 1. The van der Waals surface area contributed by atoms with Crippen molar-refractivity contribution in [3.8, 4) is 5.75 Å². The number of nitrogens with two attached hydrogens (primary N) is 1. The molecule has 0 bridgehead atoms. The summed E-state index contributed by atoms with van der Waals surface area (Å²) in [5, 5.41) is 13.6. The third-order valence-corrected chi connectivity index (χ3v) is 7.61. The molecule has 3 aromatic rings. The highest BCUT2D eigenvalue weighted by Crippen LogP contribution is 2.48. The van der Waals surface area contributed by atoms with Gasteiger partial charge in [-0.3, -0.25) is 9.09 Å². The number of aliphatic hydroxyl groups is 1. The minimum Gasteiger partial charge on any atom is -0.413 e. The van der Waals surface area contributed by atoms with Gasteiger partial charge < -0.3 is 29.6 Å². The topological polar surface area (TPSA) is 165 Å². The highest BCUT2D eigenvalue weighted by molar-refractivity contribution is 7.52. The van der Waals surface area contributed by atoms with Crippen molar-refractivity contribution in [2.24, 2.45) is 0 Å². The van der Waals surface area contributed by atoms with Crippen LogP contribution in [0.4, 0.5) is 10.3 Å². The fraction of sp³-hybridized carbons (Fsp3) is 0.542. The molecule has 3 heterocycles. The number of hydrogen-bond donors (Lipinski definition) is 3. The number of para-hydroxylation sites is 1.